The average molecular weight is 394 g/mol. The Morgan fingerprint density at radius 2 is 1.93 bits per heavy atom. The molecular formula is C21H19N3OS2. The number of amides is 1. The number of para-hydroxylation sites is 2. The van der Waals surface area contributed by atoms with Gasteiger partial charge >= 0.3 is 0 Å². The maximum atomic E-state index is 12.4. The normalized spacial score (nSPS) is 10.6. The number of thioether (sulfide) groups is 2. The number of carbonyl (C=O) groups excluding carboxylic acids is 1. The second-order valence-corrected chi connectivity index (χ2v) is 8.04. The summed E-state index contributed by atoms with van der Waals surface area (Å²) in [5, 5.41) is 13.7. The Kier molecular flexibility index (Phi) is 6.38. The first-order valence-electron chi connectivity index (χ1n) is 8.47. The zero-order chi connectivity index (χ0) is 19.2. The minimum atomic E-state index is -0.0886. The fraction of sp³-hybridized carbons (Fsp3) is 0.190. The van der Waals surface area contributed by atoms with Crippen LogP contribution in [0.25, 0.3) is 10.9 Å². The molecule has 1 aromatic heterocycles. The number of fused-ring (bicyclic) bond motifs is 1. The summed E-state index contributed by atoms with van der Waals surface area (Å²) < 4.78 is 0. The summed E-state index contributed by atoms with van der Waals surface area (Å²) in [6, 6.07) is 17.8. The van der Waals surface area contributed by atoms with Crippen LogP contribution >= 0.6 is 23.5 Å². The molecule has 3 aromatic rings. The molecule has 136 valence electrons. The molecule has 4 nitrogen and oxygen atoms in total. The standard InChI is InChI=1S/C21H19N3OS2/c1-14-6-5-7-16-15(2)12-20(24-21(14)16)27-13-19(25)23-17-8-3-4-9-18(17)26-11-10-22/h3-9,12H,11,13H2,1-2H3,(H,23,25). The molecule has 0 unspecified atom stereocenters. The molecule has 0 aliphatic carbocycles. The van der Waals surface area contributed by atoms with Crippen molar-refractivity contribution in [2.45, 2.75) is 23.8 Å². The lowest BCUT2D eigenvalue weighted by Crippen LogP contribution is -2.14. The van der Waals surface area contributed by atoms with E-state index in [0.29, 0.717) is 5.75 Å². The molecule has 0 spiro atoms. The van der Waals surface area contributed by atoms with Crippen molar-refractivity contribution in [1.82, 2.24) is 4.98 Å². The lowest BCUT2D eigenvalue weighted by Gasteiger charge is -2.10. The zero-order valence-electron chi connectivity index (χ0n) is 15.2. The molecule has 1 amide bonds. The first-order valence-corrected chi connectivity index (χ1v) is 10.4. The predicted octanol–water partition coefficient (Wildman–Crippen LogP) is 5.20. The number of hydrogen-bond donors (Lipinski definition) is 1. The van der Waals surface area contributed by atoms with Gasteiger partial charge in [-0.2, -0.15) is 5.26 Å². The highest BCUT2D eigenvalue weighted by Gasteiger charge is 2.10. The highest BCUT2D eigenvalue weighted by Crippen LogP contribution is 2.28. The highest BCUT2D eigenvalue weighted by atomic mass is 32.2. The van der Waals surface area contributed by atoms with E-state index in [2.05, 4.69) is 24.4 Å². The first kappa shape index (κ1) is 19.3. The van der Waals surface area contributed by atoms with E-state index in [0.717, 1.165) is 37.6 Å². The van der Waals surface area contributed by atoms with Gasteiger partial charge < -0.3 is 5.32 Å². The monoisotopic (exact) mass is 393 g/mol. The molecule has 3 rings (SSSR count). The fourth-order valence-electron chi connectivity index (χ4n) is 2.74. The van der Waals surface area contributed by atoms with E-state index in [1.165, 1.54) is 23.5 Å². The van der Waals surface area contributed by atoms with Crippen molar-refractivity contribution in [3.05, 3.63) is 59.7 Å². The van der Waals surface area contributed by atoms with E-state index >= 15 is 0 Å². The molecular weight excluding hydrogens is 374 g/mol. The van der Waals surface area contributed by atoms with Gasteiger partial charge in [0.05, 0.1) is 33.8 Å². The van der Waals surface area contributed by atoms with Crippen molar-refractivity contribution < 1.29 is 4.79 Å². The number of aromatic nitrogens is 1. The maximum absolute atomic E-state index is 12.4. The van der Waals surface area contributed by atoms with E-state index in [-0.39, 0.29) is 11.7 Å². The quantitative estimate of drug-likeness (QED) is 0.583. The first-order chi connectivity index (χ1) is 13.1. The van der Waals surface area contributed by atoms with E-state index in [1.54, 1.807) is 0 Å². The zero-order valence-corrected chi connectivity index (χ0v) is 16.8. The number of carbonyl (C=O) groups is 1. The Morgan fingerprint density at radius 3 is 2.74 bits per heavy atom. The minimum absolute atomic E-state index is 0.0886. The Morgan fingerprint density at radius 1 is 1.11 bits per heavy atom. The Balaban J connectivity index is 1.69. The summed E-state index contributed by atoms with van der Waals surface area (Å²) >= 11 is 2.84. The third kappa shape index (κ3) is 4.82. The average Bonchev–Trinajstić information content (AvgIpc) is 2.66. The second-order valence-electron chi connectivity index (χ2n) is 6.03. The molecule has 0 atom stereocenters. The molecule has 0 aliphatic rings. The van der Waals surface area contributed by atoms with E-state index in [9.17, 15) is 4.79 Å². The SMILES string of the molecule is Cc1cc(SCC(=O)Nc2ccccc2SCC#N)nc2c(C)cccc12. The van der Waals surface area contributed by atoms with Crippen molar-refractivity contribution in [1.29, 1.82) is 5.26 Å². The van der Waals surface area contributed by atoms with Crippen molar-refractivity contribution in [2.24, 2.45) is 0 Å². The highest BCUT2D eigenvalue weighted by molar-refractivity contribution is 8.00. The van der Waals surface area contributed by atoms with Crippen LogP contribution in [0.15, 0.2) is 58.5 Å². The van der Waals surface area contributed by atoms with Crippen molar-refractivity contribution in [3.63, 3.8) is 0 Å². The van der Waals surface area contributed by atoms with Crippen molar-refractivity contribution in [2.75, 3.05) is 16.8 Å². The number of anilines is 1. The van der Waals surface area contributed by atoms with Crippen LogP contribution in [0.5, 0.6) is 0 Å². The van der Waals surface area contributed by atoms with E-state index < -0.39 is 0 Å². The summed E-state index contributed by atoms with van der Waals surface area (Å²) in [5.74, 6) is 0.539. The summed E-state index contributed by atoms with van der Waals surface area (Å²) in [5.41, 5.74) is 4.01. The van der Waals surface area contributed by atoms with Gasteiger partial charge in [-0.05, 0) is 43.2 Å². The molecule has 0 bridgehead atoms. The molecule has 2 aromatic carbocycles. The van der Waals surface area contributed by atoms with Gasteiger partial charge in [0, 0.05) is 10.3 Å². The van der Waals surface area contributed by atoms with E-state index in [1.807, 2.05) is 49.4 Å². The number of pyridine rings is 1. The minimum Gasteiger partial charge on any atom is -0.324 e. The van der Waals surface area contributed by atoms with Gasteiger partial charge in [-0.3, -0.25) is 4.79 Å². The van der Waals surface area contributed by atoms with Crippen LogP contribution < -0.4 is 5.32 Å². The second kappa shape index (κ2) is 8.94. The molecule has 0 saturated carbocycles. The molecule has 0 saturated heterocycles. The number of benzene rings is 2. The predicted molar refractivity (Wildman–Crippen MR) is 113 cm³/mol. The fourth-order valence-corrected chi connectivity index (χ4v) is 4.17. The molecule has 1 heterocycles. The van der Waals surface area contributed by atoms with Gasteiger partial charge in [-0.1, -0.05) is 42.1 Å². The van der Waals surface area contributed by atoms with Gasteiger partial charge in [-0.15, -0.1) is 11.8 Å². The van der Waals surface area contributed by atoms with E-state index in [4.69, 9.17) is 10.2 Å². The number of rotatable bonds is 6. The number of nitriles is 1. The van der Waals surface area contributed by atoms with Gasteiger partial charge in [-0.25, -0.2) is 4.98 Å². The van der Waals surface area contributed by atoms with Crippen LogP contribution in [0.3, 0.4) is 0 Å². The summed E-state index contributed by atoms with van der Waals surface area (Å²) in [7, 11) is 0. The maximum Gasteiger partial charge on any atom is 0.234 e. The Bertz CT molecular complexity index is 1030. The topological polar surface area (TPSA) is 65.8 Å². The lowest BCUT2D eigenvalue weighted by molar-refractivity contribution is -0.113. The molecule has 1 N–H and O–H groups in total. The largest absolute Gasteiger partial charge is 0.324 e. The summed E-state index contributed by atoms with van der Waals surface area (Å²) in [4.78, 5) is 18.0. The van der Waals surface area contributed by atoms with Crippen molar-refractivity contribution >= 4 is 46.0 Å². The number of aryl methyl sites for hydroxylation is 2. The molecule has 0 fully saturated rings. The summed E-state index contributed by atoms with van der Waals surface area (Å²) in [6.07, 6.45) is 0. The molecule has 0 radical (unpaired) electrons. The third-order valence-electron chi connectivity index (χ3n) is 4.03. The number of nitrogens with zero attached hydrogens (tertiary/aromatic N) is 2. The number of hydrogen-bond acceptors (Lipinski definition) is 5. The summed E-state index contributed by atoms with van der Waals surface area (Å²) in [6.45, 7) is 4.11. The Labute approximate surface area is 167 Å². The smallest absolute Gasteiger partial charge is 0.234 e. The third-order valence-corrected chi connectivity index (χ3v) is 5.88. The number of nitrogens with one attached hydrogen (secondary N) is 1. The van der Waals surface area contributed by atoms with Crippen molar-refractivity contribution in [3.8, 4) is 6.07 Å². The molecule has 27 heavy (non-hydrogen) atoms. The van der Waals surface area contributed by atoms with Gasteiger partial charge in [0.15, 0.2) is 0 Å². The van der Waals surface area contributed by atoms with Crippen LogP contribution in [-0.4, -0.2) is 22.4 Å². The van der Waals surface area contributed by atoms with Gasteiger partial charge in [0.1, 0.15) is 0 Å². The lowest BCUT2D eigenvalue weighted by atomic mass is 10.1. The van der Waals surface area contributed by atoms with Crippen LogP contribution in [0.2, 0.25) is 0 Å². The van der Waals surface area contributed by atoms with Crippen LogP contribution in [0.1, 0.15) is 11.1 Å². The van der Waals surface area contributed by atoms with Crippen LogP contribution in [0, 0.1) is 25.2 Å². The van der Waals surface area contributed by atoms with Gasteiger partial charge in [0.25, 0.3) is 0 Å². The molecule has 6 heteroatoms. The molecule has 0 aliphatic heterocycles. The van der Waals surface area contributed by atoms with Crippen LogP contribution in [-0.2, 0) is 4.79 Å². The van der Waals surface area contributed by atoms with Gasteiger partial charge in [0.2, 0.25) is 5.91 Å². The van der Waals surface area contributed by atoms with Crippen LogP contribution in [0.4, 0.5) is 5.69 Å². The Hall–Kier alpha value is -2.49.